The second kappa shape index (κ2) is 17.0. The number of hydrogen-bond acceptors (Lipinski definition) is 12. The lowest BCUT2D eigenvalue weighted by molar-refractivity contribution is -0.169. The minimum atomic E-state index is -1.49. The van der Waals surface area contributed by atoms with Crippen molar-refractivity contribution in [1.82, 2.24) is 4.90 Å². The van der Waals surface area contributed by atoms with Crippen molar-refractivity contribution in [1.29, 1.82) is 0 Å². The third-order valence-electron chi connectivity index (χ3n) is 9.35. The molecule has 13 heteroatoms. The molecule has 0 bridgehead atoms. The summed E-state index contributed by atoms with van der Waals surface area (Å²) in [5.74, 6) is -2.82. The van der Waals surface area contributed by atoms with Crippen molar-refractivity contribution in [2.75, 3.05) is 25.7 Å². The summed E-state index contributed by atoms with van der Waals surface area (Å²) in [5, 5.41) is 10.2. The van der Waals surface area contributed by atoms with Crippen molar-refractivity contribution in [3.05, 3.63) is 137 Å². The van der Waals surface area contributed by atoms with Crippen molar-refractivity contribution < 1.29 is 38.1 Å². The number of methoxy groups -OCH3 is 1. The number of anilines is 1. The smallest absolute Gasteiger partial charge is 0.303 e. The SMILES string of the molecule is COc1ccc(N2C(=O)[C@@]3(c4ccccc4)SC(N(C)Cc4ccccc4)=C(N=Nc4ccccc4)[C@@H]3[C@@H](OC(C)=O)[C@H]2[C@@H](COC(C)=O)OC(C)=O)cc1. The maximum Gasteiger partial charge on any atom is 0.303 e. The Morgan fingerprint density at radius 2 is 1.44 bits per heavy atom. The third kappa shape index (κ3) is 8.26. The number of ether oxygens (including phenoxy) is 4. The van der Waals surface area contributed by atoms with Crippen LogP contribution in [0.5, 0.6) is 5.75 Å². The van der Waals surface area contributed by atoms with Gasteiger partial charge in [-0.2, -0.15) is 10.2 Å². The molecule has 0 unspecified atom stereocenters. The van der Waals surface area contributed by atoms with Crippen LogP contribution in [0.25, 0.3) is 0 Å². The van der Waals surface area contributed by atoms with Crippen LogP contribution < -0.4 is 9.64 Å². The largest absolute Gasteiger partial charge is 0.497 e. The molecule has 0 N–H and O–H groups in total. The fourth-order valence-corrected chi connectivity index (χ4v) is 8.74. The van der Waals surface area contributed by atoms with Crippen molar-refractivity contribution in [2.24, 2.45) is 16.1 Å². The quantitative estimate of drug-likeness (QED) is 0.0783. The van der Waals surface area contributed by atoms with Crippen molar-refractivity contribution in [3.8, 4) is 5.75 Å². The standard InChI is InChI=1S/C42H42N4O8S/c1-27(47)52-26-35(53-28(2)48)38-39(54-29(3)49)36-37(44-43-32-19-13-8-14-20-32)40(45(4)25-30-15-9-6-10-16-30)55-42(36,31-17-11-7-12-18-31)41(50)46(38)33-21-23-34(51-5)24-22-33/h6-24,35-36,38-39H,25-26H2,1-5H3/t35-,36-,38-,39-,42+/m1/s1. The number of rotatable bonds is 13. The monoisotopic (exact) mass is 762 g/mol. The zero-order valence-electron chi connectivity index (χ0n) is 31.2. The average Bonchev–Trinajstić information content (AvgIpc) is 3.54. The number of esters is 3. The molecule has 55 heavy (non-hydrogen) atoms. The summed E-state index contributed by atoms with van der Waals surface area (Å²) in [4.78, 5) is 57.8. The maximum absolute atomic E-state index is 16.0. The topological polar surface area (TPSA) is 136 Å². The maximum atomic E-state index is 16.0. The number of carbonyl (C=O) groups is 4. The second-order valence-corrected chi connectivity index (χ2v) is 14.4. The second-order valence-electron chi connectivity index (χ2n) is 13.1. The highest BCUT2D eigenvalue weighted by Gasteiger charge is 2.68. The van der Waals surface area contributed by atoms with E-state index in [1.807, 2.05) is 103 Å². The number of nitrogens with zero attached hydrogens (tertiary/aromatic N) is 4. The van der Waals surface area contributed by atoms with Gasteiger partial charge in [0.05, 0.1) is 23.7 Å². The first kappa shape index (κ1) is 38.8. The normalized spacial score (nSPS) is 21.1. The van der Waals surface area contributed by atoms with Gasteiger partial charge in [-0.15, -0.1) is 0 Å². The first-order valence-corrected chi connectivity index (χ1v) is 18.5. The van der Waals surface area contributed by atoms with Gasteiger partial charge in [-0.05, 0) is 47.5 Å². The molecule has 0 spiro atoms. The highest BCUT2D eigenvalue weighted by atomic mass is 32.2. The lowest BCUT2D eigenvalue weighted by Crippen LogP contribution is -2.69. The zero-order chi connectivity index (χ0) is 39.1. The van der Waals surface area contributed by atoms with Gasteiger partial charge in [-0.1, -0.05) is 90.6 Å². The number of azo groups is 1. The lowest BCUT2D eigenvalue weighted by atomic mass is 9.71. The molecule has 4 aromatic carbocycles. The van der Waals surface area contributed by atoms with E-state index in [4.69, 9.17) is 24.1 Å². The molecule has 6 rings (SSSR count). The molecule has 2 aliphatic rings. The summed E-state index contributed by atoms with van der Waals surface area (Å²) in [6.07, 6.45) is -2.51. The van der Waals surface area contributed by atoms with Crippen LogP contribution in [0.15, 0.2) is 136 Å². The molecule has 0 saturated carbocycles. The number of amides is 1. The van der Waals surface area contributed by atoms with E-state index in [0.29, 0.717) is 40.0 Å². The molecular weight excluding hydrogens is 721 g/mol. The average molecular weight is 763 g/mol. The molecule has 1 fully saturated rings. The van der Waals surface area contributed by atoms with Crippen LogP contribution in [0, 0.1) is 5.92 Å². The fraction of sp³-hybridized carbons (Fsp3) is 0.286. The van der Waals surface area contributed by atoms with E-state index in [-0.39, 0.29) is 0 Å². The Balaban J connectivity index is 1.66. The van der Waals surface area contributed by atoms with E-state index < -0.39 is 59.3 Å². The van der Waals surface area contributed by atoms with Crippen molar-refractivity contribution in [2.45, 2.75) is 50.3 Å². The Bertz CT molecular complexity index is 2060. The highest BCUT2D eigenvalue weighted by molar-refractivity contribution is 8.05. The Hall–Kier alpha value is -5.95. The van der Waals surface area contributed by atoms with E-state index in [9.17, 15) is 14.4 Å². The third-order valence-corrected chi connectivity index (χ3v) is 11.1. The molecule has 12 nitrogen and oxygen atoms in total. The van der Waals surface area contributed by atoms with E-state index in [2.05, 4.69) is 5.11 Å². The van der Waals surface area contributed by atoms with Crippen LogP contribution in [0.4, 0.5) is 11.4 Å². The highest BCUT2D eigenvalue weighted by Crippen LogP contribution is 2.63. The molecule has 2 heterocycles. The molecule has 284 valence electrons. The summed E-state index contributed by atoms with van der Waals surface area (Å²) in [6, 6.07) is 33.9. The molecule has 4 aromatic rings. The molecule has 5 atom stereocenters. The number of carbonyl (C=O) groups excluding carboxylic acids is 4. The summed E-state index contributed by atoms with van der Waals surface area (Å²) < 4.78 is 21.6. The Kier molecular flexibility index (Phi) is 12.0. The Morgan fingerprint density at radius 1 is 0.818 bits per heavy atom. The number of piperidine rings is 1. The number of thioether (sulfide) groups is 1. The Labute approximate surface area is 324 Å². The molecular formula is C42H42N4O8S. The van der Waals surface area contributed by atoms with Gasteiger partial charge in [0.15, 0.2) is 6.10 Å². The van der Waals surface area contributed by atoms with E-state index >= 15 is 4.79 Å². The fourth-order valence-electron chi connectivity index (χ4n) is 7.13. The molecule has 0 radical (unpaired) electrons. The van der Waals surface area contributed by atoms with E-state index in [0.717, 1.165) is 5.56 Å². The van der Waals surface area contributed by atoms with Gasteiger partial charge in [0, 0.05) is 40.1 Å². The van der Waals surface area contributed by atoms with Gasteiger partial charge < -0.3 is 28.7 Å². The van der Waals surface area contributed by atoms with Gasteiger partial charge >= 0.3 is 17.9 Å². The van der Waals surface area contributed by atoms with E-state index in [1.165, 1.54) is 44.5 Å². The van der Waals surface area contributed by atoms with Gasteiger partial charge in [0.25, 0.3) is 0 Å². The molecule has 0 aliphatic carbocycles. The molecule has 1 saturated heterocycles. The number of benzene rings is 4. The van der Waals surface area contributed by atoms with Crippen molar-refractivity contribution in [3.63, 3.8) is 0 Å². The van der Waals surface area contributed by atoms with Gasteiger partial charge in [-0.25, -0.2) is 0 Å². The van der Waals surface area contributed by atoms with Crippen LogP contribution in [0.3, 0.4) is 0 Å². The lowest BCUT2D eigenvalue weighted by Gasteiger charge is -2.52. The molecule has 1 amide bonds. The first-order chi connectivity index (χ1) is 26.5. The van der Waals surface area contributed by atoms with Crippen LogP contribution in [-0.2, 0) is 44.7 Å². The zero-order valence-corrected chi connectivity index (χ0v) is 32.0. The van der Waals surface area contributed by atoms with Gasteiger partial charge in [-0.3, -0.25) is 19.2 Å². The summed E-state index contributed by atoms with van der Waals surface area (Å²) in [7, 11) is 3.45. The minimum Gasteiger partial charge on any atom is -0.497 e. The number of hydrogen-bond donors (Lipinski definition) is 0. The van der Waals surface area contributed by atoms with Crippen LogP contribution in [0.2, 0.25) is 0 Å². The summed E-state index contributed by atoms with van der Waals surface area (Å²) in [5.41, 5.74) is 3.00. The minimum absolute atomic E-state index is 0.393. The summed E-state index contributed by atoms with van der Waals surface area (Å²) >= 11 is 1.31. The Morgan fingerprint density at radius 3 is 2.02 bits per heavy atom. The first-order valence-electron chi connectivity index (χ1n) is 17.7. The summed E-state index contributed by atoms with van der Waals surface area (Å²) in [6.45, 7) is 3.75. The van der Waals surface area contributed by atoms with Crippen LogP contribution >= 0.6 is 11.8 Å². The van der Waals surface area contributed by atoms with Crippen LogP contribution in [0.1, 0.15) is 31.9 Å². The van der Waals surface area contributed by atoms with E-state index in [1.54, 1.807) is 24.3 Å². The predicted octanol–water partition coefficient (Wildman–Crippen LogP) is 7.18. The predicted molar refractivity (Wildman–Crippen MR) is 207 cm³/mol. The van der Waals surface area contributed by atoms with Crippen LogP contribution in [-0.4, -0.2) is 67.7 Å². The van der Waals surface area contributed by atoms with Gasteiger partial charge in [0.1, 0.15) is 34.9 Å². The number of fused-ring (bicyclic) bond motifs is 1. The molecule has 0 aromatic heterocycles. The van der Waals surface area contributed by atoms with Crippen molar-refractivity contribution >= 4 is 47.0 Å². The van der Waals surface area contributed by atoms with Gasteiger partial charge in [0.2, 0.25) is 5.91 Å². The molecule has 2 aliphatic heterocycles.